The number of fused-ring (bicyclic) bond motifs is 7. The van der Waals surface area contributed by atoms with Crippen molar-refractivity contribution in [1.82, 2.24) is 0 Å². The predicted molar refractivity (Wildman–Crippen MR) is 136 cm³/mol. The molecule has 5 rings (SSSR count). The van der Waals surface area contributed by atoms with Crippen LogP contribution in [0.25, 0.3) is 0 Å². The molecule has 9 atom stereocenters. The van der Waals surface area contributed by atoms with Gasteiger partial charge >= 0.3 is 0 Å². The molecule has 0 radical (unpaired) electrons. The van der Waals surface area contributed by atoms with Gasteiger partial charge in [0.1, 0.15) is 0 Å². The van der Waals surface area contributed by atoms with Crippen LogP contribution in [0.15, 0.2) is 0 Å². The van der Waals surface area contributed by atoms with E-state index in [0.717, 1.165) is 23.7 Å². The molecule has 0 heterocycles. The van der Waals surface area contributed by atoms with Gasteiger partial charge in [-0.25, -0.2) is 0 Å². The molecule has 1 heteroatoms. The minimum atomic E-state index is 0.305. The fraction of sp³-hybridized carbons (Fsp3) is 1.00. The van der Waals surface area contributed by atoms with Gasteiger partial charge in [0.25, 0.3) is 0 Å². The standard InChI is InChI=1S/C31H54O/c1-26(2)16-17-28(5)18-19-30(7)21(22(28)20-26)10-11-24-29(6)14-13-25(32-9)27(3,4)23(29)12-15-31(24,30)8/h21-25H,10-20H2,1-9H3/t21-,22+,23+,24-,25+,28-,29+,30-,31-/m1/s1. The average Bonchev–Trinajstić information content (AvgIpc) is 2.69. The van der Waals surface area contributed by atoms with E-state index in [-0.39, 0.29) is 0 Å². The molecule has 32 heavy (non-hydrogen) atoms. The third-order valence-electron chi connectivity index (χ3n) is 13.9. The summed E-state index contributed by atoms with van der Waals surface area (Å²) in [6, 6.07) is 0. The van der Waals surface area contributed by atoms with E-state index < -0.39 is 0 Å². The van der Waals surface area contributed by atoms with Gasteiger partial charge in [0, 0.05) is 7.11 Å². The molecule has 0 saturated heterocycles. The molecule has 184 valence electrons. The van der Waals surface area contributed by atoms with Gasteiger partial charge in [-0.1, -0.05) is 55.4 Å². The second-order valence-electron chi connectivity index (χ2n) is 15.9. The minimum Gasteiger partial charge on any atom is -0.381 e. The number of hydrogen-bond acceptors (Lipinski definition) is 1. The Bertz CT molecular complexity index is 752. The van der Waals surface area contributed by atoms with Crippen LogP contribution in [0.4, 0.5) is 0 Å². The molecule has 0 aromatic carbocycles. The van der Waals surface area contributed by atoms with Crippen molar-refractivity contribution in [3.63, 3.8) is 0 Å². The third kappa shape index (κ3) is 2.91. The van der Waals surface area contributed by atoms with Crippen LogP contribution in [0, 0.1) is 56.2 Å². The van der Waals surface area contributed by atoms with E-state index in [9.17, 15) is 0 Å². The fourth-order valence-electron chi connectivity index (χ4n) is 11.7. The van der Waals surface area contributed by atoms with Crippen LogP contribution in [-0.2, 0) is 4.74 Å². The fourth-order valence-corrected chi connectivity index (χ4v) is 11.7. The lowest BCUT2D eigenvalue weighted by Crippen LogP contribution is -2.67. The maximum absolute atomic E-state index is 6.06. The highest BCUT2D eigenvalue weighted by Gasteiger charge is 2.69. The number of hydrogen-bond donors (Lipinski definition) is 0. The van der Waals surface area contributed by atoms with Crippen molar-refractivity contribution in [2.75, 3.05) is 7.11 Å². The smallest absolute Gasteiger partial charge is 0.0625 e. The highest BCUT2D eigenvalue weighted by atomic mass is 16.5. The van der Waals surface area contributed by atoms with E-state index in [0.29, 0.717) is 38.6 Å². The van der Waals surface area contributed by atoms with Crippen LogP contribution in [0.1, 0.15) is 126 Å². The summed E-state index contributed by atoms with van der Waals surface area (Å²) in [7, 11) is 1.96. The molecule has 0 N–H and O–H groups in total. The van der Waals surface area contributed by atoms with Crippen molar-refractivity contribution in [2.24, 2.45) is 56.2 Å². The Kier molecular flexibility index (Phi) is 5.19. The first-order valence-corrected chi connectivity index (χ1v) is 14.3. The van der Waals surface area contributed by atoms with Crippen molar-refractivity contribution in [1.29, 1.82) is 0 Å². The van der Waals surface area contributed by atoms with Crippen LogP contribution in [0.5, 0.6) is 0 Å². The summed E-state index contributed by atoms with van der Waals surface area (Å²) in [6.45, 7) is 21.2. The van der Waals surface area contributed by atoms with Crippen LogP contribution in [0.3, 0.4) is 0 Å². The van der Waals surface area contributed by atoms with E-state index in [1.54, 1.807) is 0 Å². The predicted octanol–water partition coefficient (Wildman–Crippen LogP) is 8.90. The van der Waals surface area contributed by atoms with Crippen LogP contribution in [0.2, 0.25) is 0 Å². The van der Waals surface area contributed by atoms with Crippen molar-refractivity contribution in [3.8, 4) is 0 Å². The van der Waals surface area contributed by atoms with Crippen LogP contribution < -0.4 is 0 Å². The molecule has 1 nitrogen and oxygen atoms in total. The largest absolute Gasteiger partial charge is 0.381 e. The van der Waals surface area contributed by atoms with Crippen LogP contribution in [-0.4, -0.2) is 13.2 Å². The summed E-state index contributed by atoms with van der Waals surface area (Å²) < 4.78 is 6.06. The highest BCUT2D eigenvalue weighted by Crippen LogP contribution is 2.77. The van der Waals surface area contributed by atoms with Gasteiger partial charge in [0.05, 0.1) is 6.10 Å². The molecule has 0 amide bonds. The molecule has 0 aliphatic heterocycles. The van der Waals surface area contributed by atoms with Crippen molar-refractivity contribution >= 4 is 0 Å². The summed E-state index contributed by atoms with van der Waals surface area (Å²) in [6.07, 6.45) is 16.3. The summed E-state index contributed by atoms with van der Waals surface area (Å²) in [5, 5.41) is 0. The van der Waals surface area contributed by atoms with Gasteiger partial charge in [0.2, 0.25) is 0 Å². The van der Waals surface area contributed by atoms with E-state index >= 15 is 0 Å². The molecule has 0 unspecified atom stereocenters. The Balaban J connectivity index is 1.51. The summed E-state index contributed by atoms with van der Waals surface area (Å²) >= 11 is 0. The Morgan fingerprint density at radius 3 is 1.97 bits per heavy atom. The number of rotatable bonds is 1. The summed E-state index contributed by atoms with van der Waals surface area (Å²) in [4.78, 5) is 0. The lowest BCUT2D eigenvalue weighted by Gasteiger charge is -2.73. The molecule has 0 aromatic rings. The van der Waals surface area contributed by atoms with Gasteiger partial charge in [-0.05, 0) is 127 Å². The molecule has 5 aliphatic carbocycles. The highest BCUT2D eigenvalue weighted by molar-refractivity contribution is 5.18. The topological polar surface area (TPSA) is 9.23 Å². The molecular weight excluding hydrogens is 388 g/mol. The monoisotopic (exact) mass is 442 g/mol. The molecule has 5 aliphatic rings. The first kappa shape index (κ1) is 23.7. The lowest BCUT2D eigenvalue weighted by molar-refractivity contribution is -0.254. The van der Waals surface area contributed by atoms with Crippen molar-refractivity contribution in [3.05, 3.63) is 0 Å². The molecule has 5 saturated carbocycles. The van der Waals surface area contributed by atoms with Gasteiger partial charge in [-0.3, -0.25) is 0 Å². The average molecular weight is 443 g/mol. The maximum Gasteiger partial charge on any atom is 0.0625 e. The van der Waals surface area contributed by atoms with E-state index in [1.165, 1.54) is 70.6 Å². The summed E-state index contributed by atoms with van der Waals surface area (Å²) in [5.74, 6) is 3.61. The maximum atomic E-state index is 6.06. The van der Waals surface area contributed by atoms with Crippen molar-refractivity contribution < 1.29 is 4.74 Å². The van der Waals surface area contributed by atoms with Gasteiger partial charge in [-0.2, -0.15) is 0 Å². The van der Waals surface area contributed by atoms with Gasteiger partial charge in [-0.15, -0.1) is 0 Å². The zero-order valence-electron chi connectivity index (χ0n) is 23.1. The Labute approximate surface area is 200 Å². The zero-order chi connectivity index (χ0) is 23.4. The quantitative estimate of drug-likeness (QED) is 0.394. The SMILES string of the molecule is CO[C@H]1CC[C@]2(C)[C@H]3CC[C@@H]4[C@@H]5CC(C)(C)CC[C@]5(C)CC[C@@]4(C)[C@]3(C)CC[C@H]2C1(C)C. The molecule has 0 bridgehead atoms. The van der Waals surface area contributed by atoms with Crippen LogP contribution >= 0.6 is 0 Å². The first-order valence-electron chi connectivity index (χ1n) is 14.3. The van der Waals surface area contributed by atoms with Crippen molar-refractivity contribution in [2.45, 2.75) is 132 Å². The van der Waals surface area contributed by atoms with Gasteiger partial charge in [0.15, 0.2) is 0 Å². The lowest BCUT2D eigenvalue weighted by atomic mass is 9.31. The number of methoxy groups -OCH3 is 1. The molecule has 0 spiro atoms. The third-order valence-corrected chi connectivity index (χ3v) is 13.9. The molecular formula is C31H54O. The Morgan fingerprint density at radius 1 is 0.594 bits per heavy atom. The zero-order valence-corrected chi connectivity index (χ0v) is 23.1. The van der Waals surface area contributed by atoms with E-state index in [1.807, 2.05) is 7.11 Å². The normalized spacial score (nSPS) is 56.3. The Hall–Kier alpha value is -0.0400. The second kappa shape index (κ2) is 7.01. The minimum absolute atomic E-state index is 0.305. The molecule has 0 aromatic heterocycles. The Morgan fingerprint density at radius 2 is 1.28 bits per heavy atom. The van der Waals surface area contributed by atoms with E-state index in [4.69, 9.17) is 4.74 Å². The molecule has 5 fully saturated rings. The second-order valence-corrected chi connectivity index (χ2v) is 15.9. The van der Waals surface area contributed by atoms with E-state index in [2.05, 4.69) is 55.4 Å². The number of ether oxygens (including phenoxy) is 1. The van der Waals surface area contributed by atoms with Gasteiger partial charge < -0.3 is 4.74 Å². The summed E-state index contributed by atoms with van der Waals surface area (Å²) in [5.41, 5.74) is 3.00. The first-order chi connectivity index (χ1) is 14.7.